The average molecular weight is 252 g/mol. The predicted octanol–water partition coefficient (Wildman–Crippen LogP) is 0.736. The van der Waals surface area contributed by atoms with Gasteiger partial charge in [0.15, 0.2) is 0 Å². The van der Waals surface area contributed by atoms with E-state index in [1.54, 1.807) is 12.4 Å². The van der Waals surface area contributed by atoms with Crippen LogP contribution in [0.3, 0.4) is 0 Å². The van der Waals surface area contributed by atoms with Gasteiger partial charge in [0.1, 0.15) is 6.54 Å². The third-order valence-corrected chi connectivity index (χ3v) is 3.02. The van der Waals surface area contributed by atoms with Crippen LogP contribution in [-0.2, 0) is 16.1 Å². The van der Waals surface area contributed by atoms with Crippen LogP contribution in [-0.4, -0.2) is 33.9 Å². The molecule has 0 radical (unpaired) electrons. The summed E-state index contributed by atoms with van der Waals surface area (Å²) in [7, 11) is 0. The maximum absolute atomic E-state index is 10.8. The SMILES string of the molecule is CC1CC(Nc2cnn(CC(N)=O)c2)CC(C)O1. The normalized spacial score (nSPS) is 28.0. The van der Waals surface area contributed by atoms with E-state index in [1.165, 1.54) is 4.68 Å². The number of ether oxygens (including phenoxy) is 1. The summed E-state index contributed by atoms with van der Waals surface area (Å²) in [6.07, 6.45) is 6.01. The summed E-state index contributed by atoms with van der Waals surface area (Å²) in [5.41, 5.74) is 6.04. The van der Waals surface area contributed by atoms with Crippen LogP contribution in [0.2, 0.25) is 0 Å². The molecule has 0 aliphatic carbocycles. The molecule has 1 saturated heterocycles. The van der Waals surface area contributed by atoms with Crippen molar-refractivity contribution in [3.63, 3.8) is 0 Å². The van der Waals surface area contributed by atoms with Gasteiger partial charge in [-0.15, -0.1) is 0 Å². The van der Waals surface area contributed by atoms with Gasteiger partial charge in [0.25, 0.3) is 0 Å². The van der Waals surface area contributed by atoms with Crippen molar-refractivity contribution in [2.24, 2.45) is 5.73 Å². The Morgan fingerprint density at radius 1 is 1.56 bits per heavy atom. The van der Waals surface area contributed by atoms with E-state index >= 15 is 0 Å². The molecular weight excluding hydrogens is 232 g/mol. The van der Waals surface area contributed by atoms with Gasteiger partial charge in [0, 0.05) is 12.2 Å². The Morgan fingerprint density at radius 2 is 2.22 bits per heavy atom. The maximum Gasteiger partial charge on any atom is 0.239 e. The number of hydrogen-bond acceptors (Lipinski definition) is 4. The van der Waals surface area contributed by atoms with E-state index in [0.717, 1.165) is 18.5 Å². The first-order valence-corrected chi connectivity index (χ1v) is 6.25. The molecular formula is C12H20N4O2. The van der Waals surface area contributed by atoms with Crippen molar-refractivity contribution in [3.8, 4) is 0 Å². The van der Waals surface area contributed by atoms with E-state index in [-0.39, 0.29) is 18.8 Å². The zero-order valence-electron chi connectivity index (χ0n) is 10.8. The lowest BCUT2D eigenvalue weighted by Gasteiger charge is -2.32. The van der Waals surface area contributed by atoms with E-state index in [2.05, 4.69) is 24.3 Å². The molecule has 0 spiro atoms. The summed E-state index contributed by atoms with van der Waals surface area (Å²) < 4.78 is 7.23. The zero-order valence-corrected chi connectivity index (χ0v) is 10.8. The Labute approximate surface area is 106 Å². The van der Waals surface area contributed by atoms with Crippen LogP contribution in [0.25, 0.3) is 0 Å². The molecule has 3 N–H and O–H groups in total. The highest BCUT2D eigenvalue weighted by molar-refractivity contribution is 5.73. The van der Waals surface area contributed by atoms with Gasteiger partial charge in [-0.3, -0.25) is 9.48 Å². The van der Waals surface area contributed by atoms with Crippen molar-refractivity contribution < 1.29 is 9.53 Å². The van der Waals surface area contributed by atoms with Crippen molar-refractivity contribution in [2.45, 2.75) is 51.5 Å². The Bertz CT molecular complexity index is 408. The zero-order chi connectivity index (χ0) is 13.1. The van der Waals surface area contributed by atoms with E-state index in [4.69, 9.17) is 10.5 Å². The van der Waals surface area contributed by atoms with Crippen LogP contribution in [0.15, 0.2) is 12.4 Å². The summed E-state index contributed by atoms with van der Waals surface area (Å²) in [5.74, 6) is -0.391. The largest absolute Gasteiger partial charge is 0.380 e. The summed E-state index contributed by atoms with van der Waals surface area (Å²) in [5, 5.41) is 7.50. The molecule has 1 aromatic heterocycles. The van der Waals surface area contributed by atoms with Crippen molar-refractivity contribution >= 4 is 11.6 Å². The molecule has 0 aromatic carbocycles. The van der Waals surface area contributed by atoms with Crippen LogP contribution in [0.1, 0.15) is 26.7 Å². The number of amides is 1. The van der Waals surface area contributed by atoms with Gasteiger partial charge in [0.05, 0.1) is 24.1 Å². The molecule has 1 aliphatic heterocycles. The number of anilines is 1. The second-order valence-electron chi connectivity index (χ2n) is 4.96. The van der Waals surface area contributed by atoms with Crippen LogP contribution in [0.4, 0.5) is 5.69 Å². The fraction of sp³-hybridized carbons (Fsp3) is 0.667. The van der Waals surface area contributed by atoms with Gasteiger partial charge in [-0.05, 0) is 26.7 Å². The monoisotopic (exact) mass is 252 g/mol. The average Bonchev–Trinajstić information content (AvgIpc) is 2.62. The number of nitrogens with zero attached hydrogens (tertiary/aromatic N) is 2. The number of carbonyl (C=O) groups excluding carboxylic acids is 1. The summed E-state index contributed by atoms with van der Waals surface area (Å²) in [4.78, 5) is 10.8. The Balaban J connectivity index is 1.92. The quantitative estimate of drug-likeness (QED) is 0.828. The van der Waals surface area contributed by atoms with E-state index in [1.807, 2.05) is 0 Å². The minimum Gasteiger partial charge on any atom is -0.380 e. The predicted molar refractivity (Wildman–Crippen MR) is 68.1 cm³/mol. The lowest BCUT2D eigenvalue weighted by atomic mass is 10.00. The van der Waals surface area contributed by atoms with Crippen LogP contribution >= 0.6 is 0 Å². The first-order chi connectivity index (χ1) is 8.52. The second-order valence-corrected chi connectivity index (χ2v) is 4.96. The van der Waals surface area contributed by atoms with Crippen LogP contribution in [0.5, 0.6) is 0 Å². The number of primary amides is 1. The standard InChI is InChI=1S/C12H20N4O2/c1-8-3-10(4-9(2)18-8)15-11-5-14-16(6-11)7-12(13)17/h5-6,8-10,15H,3-4,7H2,1-2H3,(H2,13,17). The molecule has 0 saturated carbocycles. The maximum atomic E-state index is 10.8. The molecule has 100 valence electrons. The third kappa shape index (κ3) is 3.46. The number of nitrogens with one attached hydrogen (secondary N) is 1. The lowest BCUT2D eigenvalue weighted by molar-refractivity contribution is -0.118. The van der Waals surface area contributed by atoms with Crippen LogP contribution < -0.4 is 11.1 Å². The summed E-state index contributed by atoms with van der Waals surface area (Å²) in [6.45, 7) is 4.28. The van der Waals surface area contributed by atoms with Gasteiger partial charge in [-0.25, -0.2) is 0 Å². The molecule has 1 fully saturated rings. The van der Waals surface area contributed by atoms with Gasteiger partial charge in [-0.2, -0.15) is 5.10 Å². The highest BCUT2D eigenvalue weighted by Gasteiger charge is 2.24. The van der Waals surface area contributed by atoms with E-state index in [9.17, 15) is 4.79 Å². The minimum atomic E-state index is -0.391. The fourth-order valence-corrected chi connectivity index (χ4v) is 2.44. The van der Waals surface area contributed by atoms with E-state index < -0.39 is 5.91 Å². The molecule has 18 heavy (non-hydrogen) atoms. The second kappa shape index (κ2) is 5.39. The van der Waals surface area contributed by atoms with Gasteiger partial charge in [0.2, 0.25) is 5.91 Å². The molecule has 2 unspecified atom stereocenters. The Kier molecular flexibility index (Phi) is 3.86. The molecule has 1 amide bonds. The minimum absolute atomic E-state index is 0.113. The Morgan fingerprint density at radius 3 is 2.83 bits per heavy atom. The molecule has 1 aromatic rings. The number of aromatic nitrogens is 2. The lowest BCUT2D eigenvalue weighted by Crippen LogP contribution is -2.36. The molecule has 6 nitrogen and oxygen atoms in total. The molecule has 2 heterocycles. The van der Waals surface area contributed by atoms with Crippen molar-refractivity contribution in [1.29, 1.82) is 0 Å². The van der Waals surface area contributed by atoms with Crippen molar-refractivity contribution in [1.82, 2.24) is 9.78 Å². The van der Waals surface area contributed by atoms with Crippen LogP contribution in [0, 0.1) is 0 Å². The molecule has 6 heteroatoms. The van der Waals surface area contributed by atoms with E-state index in [0.29, 0.717) is 6.04 Å². The number of nitrogens with two attached hydrogens (primary N) is 1. The highest BCUT2D eigenvalue weighted by atomic mass is 16.5. The highest BCUT2D eigenvalue weighted by Crippen LogP contribution is 2.22. The molecule has 1 aliphatic rings. The molecule has 0 bridgehead atoms. The summed E-state index contributed by atoms with van der Waals surface area (Å²) >= 11 is 0. The Hall–Kier alpha value is -1.56. The number of carbonyl (C=O) groups is 1. The molecule has 2 rings (SSSR count). The molecule has 2 atom stereocenters. The fourth-order valence-electron chi connectivity index (χ4n) is 2.44. The third-order valence-electron chi connectivity index (χ3n) is 3.02. The van der Waals surface area contributed by atoms with Crippen molar-refractivity contribution in [2.75, 3.05) is 5.32 Å². The topological polar surface area (TPSA) is 82.2 Å². The van der Waals surface area contributed by atoms with Crippen molar-refractivity contribution in [3.05, 3.63) is 12.4 Å². The van der Waals surface area contributed by atoms with Gasteiger partial charge >= 0.3 is 0 Å². The number of hydrogen-bond donors (Lipinski definition) is 2. The number of rotatable bonds is 4. The first kappa shape index (κ1) is 12.9. The van der Waals surface area contributed by atoms with Gasteiger partial charge in [-0.1, -0.05) is 0 Å². The van der Waals surface area contributed by atoms with Gasteiger partial charge < -0.3 is 15.8 Å². The summed E-state index contributed by atoms with van der Waals surface area (Å²) in [6, 6.07) is 0.384. The first-order valence-electron chi connectivity index (χ1n) is 6.25. The smallest absolute Gasteiger partial charge is 0.239 e.